The molecule has 1 amide bonds. The predicted molar refractivity (Wildman–Crippen MR) is 107 cm³/mol. The normalized spacial score (nSPS) is 10.3. The molecule has 2 rings (SSSR count). The van der Waals surface area contributed by atoms with Crippen LogP contribution in [-0.2, 0) is 6.61 Å². The van der Waals surface area contributed by atoms with E-state index in [1.165, 1.54) is 12.1 Å². The van der Waals surface area contributed by atoms with Gasteiger partial charge in [-0.3, -0.25) is 9.78 Å². The Bertz CT molecular complexity index is 737. The zero-order valence-corrected chi connectivity index (χ0v) is 16.8. The van der Waals surface area contributed by atoms with E-state index in [0.29, 0.717) is 18.1 Å². The van der Waals surface area contributed by atoms with Crippen LogP contribution in [0, 0.1) is 0 Å². The van der Waals surface area contributed by atoms with Crippen LogP contribution in [0.5, 0.6) is 11.5 Å². The molecule has 0 spiro atoms. The number of nitrogens with two attached hydrogens (primary N) is 1. The van der Waals surface area contributed by atoms with E-state index >= 15 is 0 Å². The van der Waals surface area contributed by atoms with Gasteiger partial charge in [0.25, 0.3) is 11.8 Å². The Morgan fingerprint density at radius 1 is 1.21 bits per heavy atom. The summed E-state index contributed by atoms with van der Waals surface area (Å²) in [4.78, 5) is 16.1. The minimum atomic E-state index is -3.15. The minimum absolute atomic E-state index is 0. The minimum Gasteiger partial charge on any atom is -0.490 e. The zero-order valence-electron chi connectivity index (χ0n) is 15.2. The quantitative estimate of drug-likeness (QED) is 0.628. The molecule has 0 aliphatic heterocycles. The fourth-order valence-electron chi connectivity index (χ4n) is 2.07. The lowest BCUT2D eigenvalue weighted by molar-refractivity contribution is 0.0118. The molecule has 0 atom stereocenters. The number of hydrogen-bond acceptors (Lipinski definition) is 5. The fourth-order valence-corrected chi connectivity index (χ4v) is 2.07. The van der Waals surface area contributed by atoms with Crippen LogP contribution < -0.4 is 20.5 Å². The first-order valence-corrected chi connectivity index (χ1v) is 8.10. The van der Waals surface area contributed by atoms with Crippen LogP contribution in [0.2, 0.25) is 0 Å². The third kappa shape index (κ3) is 7.84. The van der Waals surface area contributed by atoms with Crippen molar-refractivity contribution < 1.29 is 23.0 Å². The van der Waals surface area contributed by atoms with Gasteiger partial charge in [0.15, 0.2) is 11.5 Å². The molecule has 1 aromatic carbocycles. The zero-order chi connectivity index (χ0) is 19.0. The van der Waals surface area contributed by atoms with Gasteiger partial charge in [-0.25, -0.2) is 8.78 Å². The highest BCUT2D eigenvalue weighted by molar-refractivity contribution is 5.94. The van der Waals surface area contributed by atoms with Gasteiger partial charge in [-0.15, -0.1) is 24.8 Å². The maximum Gasteiger partial charge on any atom is 0.277 e. The number of amides is 1. The van der Waals surface area contributed by atoms with Gasteiger partial charge in [0.2, 0.25) is 0 Å². The molecular weight excluding hydrogens is 415 g/mol. The Labute approximate surface area is 174 Å². The van der Waals surface area contributed by atoms with E-state index in [1.54, 1.807) is 31.5 Å². The third-order valence-corrected chi connectivity index (χ3v) is 3.43. The third-order valence-electron chi connectivity index (χ3n) is 3.43. The number of hydrogen-bond donors (Lipinski definition) is 2. The van der Waals surface area contributed by atoms with Crippen molar-refractivity contribution in [1.82, 2.24) is 10.3 Å². The average molecular weight is 438 g/mol. The van der Waals surface area contributed by atoms with Gasteiger partial charge in [0, 0.05) is 23.5 Å². The second-order valence-corrected chi connectivity index (χ2v) is 5.49. The SMILES string of the molecule is CCOc1cc(C(=O)NCC(F)(F)CN)ccc1OCc1cccnc1.Cl.Cl. The molecule has 6 nitrogen and oxygen atoms in total. The molecule has 2 aromatic rings. The number of pyridine rings is 1. The molecule has 0 saturated carbocycles. The van der Waals surface area contributed by atoms with Gasteiger partial charge in [-0.05, 0) is 31.2 Å². The number of nitrogens with zero attached hydrogens (tertiary/aromatic N) is 1. The monoisotopic (exact) mass is 437 g/mol. The van der Waals surface area contributed by atoms with Gasteiger partial charge in [0.1, 0.15) is 6.61 Å². The topological polar surface area (TPSA) is 86.5 Å². The summed E-state index contributed by atoms with van der Waals surface area (Å²) in [5, 5.41) is 2.16. The molecule has 10 heteroatoms. The van der Waals surface area contributed by atoms with Crippen molar-refractivity contribution in [3.63, 3.8) is 0 Å². The van der Waals surface area contributed by atoms with E-state index in [2.05, 4.69) is 10.3 Å². The van der Waals surface area contributed by atoms with Gasteiger partial charge < -0.3 is 20.5 Å². The molecule has 28 heavy (non-hydrogen) atoms. The number of rotatable bonds is 9. The van der Waals surface area contributed by atoms with Crippen molar-refractivity contribution in [2.75, 3.05) is 19.7 Å². The lowest BCUT2D eigenvalue weighted by Crippen LogP contribution is -2.41. The van der Waals surface area contributed by atoms with E-state index in [1.807, 2.05) is 6.07 Å². The number of alkyl halides is 2. The molecule has 1 aromatic heterocycles. The first-order valence-electron chi connectivity index (χ1n) is 8.10. The number of carbonyl (C=O) groups is 1. The number of benzene rings is 1. The fraction of sp³-hybridized carbons (Fsp3) is 0.333. The van der Waals surface area contributed by atoms with Crippen LogP contribution in [-0.4, -0.2) is 36.5 Å². The van der Waals surface area contributed by atoms with Crippen LogP contribution in [0.1, 0.15) is 22.8 Å². The predicted octanol–water partition coefficient (Wildman–Crippen LogP) is 3.23. The van der Waals surface area contributed by atoms with Crippen molar-refractivity contribution in [1.29, 1.82) is 0 Å². The van der Waals surface area contributed by atoms with Crippen LogP contribution in [0.3, 0.4) is 0 Å². The molecule has 0 aliphatic rings. The van der Waals surface area contributed by atoms with Crippen molar-refractivity contribution in [2.24, 2.45) is 5.73 Å². The van der Waals surface area contributed by atoms with Gasteiger partial charge in [0.05, 0.1) is 19.7 Å². The highest BCUT2D eigenvalue weighted by atomic mass is 35.5. The smallest absolute Gasteiger partial charge is 0.277 e. The summed E-state index contributed by atoms with van der Waals surface area (Å²) in [6.45, 7) is 0.769. The summed E-state index contributed by atoms with van der Waals surface area (Å²) in [7, 11) is 0. The molecule has 0 unspecified atom stereocenters. The van der Waals surface area contributed by atoms with Crippen molar-refractivity contribution >= 4 is 30.7 Å². The van der Waals surface area contributed by atoms with Crippen LogP contribution in [0.4, 0.5) is 8.78 Å². The largest absolute Gasteiger partial charge is 0.490 e. The number of aromatic nitrogens is 1. The average Bonchev–Trinajstić information content (AvgIpc) is 2.66. The summed E-state index contributed by atoms with van der Waals surface area (Å²) >= 11 is 0. The Morgan fingerprint density at radius 2 is 1.96 bits per heavy atom. The number of ether oxygens (including phenoxy) is 2. The summed E-state index contributed by atoms with van der Waals surface area (Å²) in [6, 6.07) is 8.17. The maximum atomic E-state index is 13.2. The van der Waals surface area contributed by atoms with Crippen molar-refractivity contribution in [2.45, 2.75) is 19.5 Å². The molecular formula is C18H23Cl2F2N3O3. The van der Waals surface area contributed by atoms with E-state index in [9.17, 15) is 13.6 Å². The second-order valence-electron chi connectivity index (χ2n) is 5.49. The number of carbonyl (C=O) groups excluding carboxylic acids is 1. The summed E-state index contributed by atoms with van der Waals surface area (Å²) < 4.78 is 37.5. The van der Waals surface area contributed by atoms with Gasteiger partial charge in [-0.2, -0.15) is 0 Å². The Hall–Kier alpha value is -2.16. The molecule has 0 fully saturated rings. The lowest BCUT2D eigenvalue weighted by atomic mass is 10.2. The van der Waals surface area contributed by atoms with E-state index in [4.69, 9.17) is 15.2 Å². The number of halogens is 4. The Kier molecular flexibility index (Phi) is 11.4. The van der Waals surface area contributed by atoms with Gasteiger partial charge in [-0.1, -0.05) is 6.07 Å². The Balaban J connectivity index is 0.00000364. The van der Waals surface area contributed by atoms with Crippen molar-refractivity contribution in [3.05, 3.63) is 53.9 Å². The molecule has 0 aliphatic carbocycles. The number of nitrogens with one attached hydrogen (secondary N) is 1. The Morgan fingerprint density at radius 3 is 2.57 bits per heavy atom. The summed E-state index contributed by atoms with van der Waals surface area (Å²) in [6.07, 6.45) is 3.34. The molecule has 0 saturated heterocycles. The van der Waals surface area contributed by atoms with Gasteiger partial charge >= 0.3 is 0 Å². The first kappa shape index (κ1) is 25.8. The molecule has 1 heterocycles. The van der Waals surface area contributed by atoms with E-state index < -0.39 is 24.9 Å². The molecule has 156 valence electrons. The highest BCUT2D eigenvalue weighted by Gasteiger charge is 2.27. The lowest BCUT2D eigenvalue weighted by Gasteiger charge is -2.16. The maximum absolute atomic E-state index is 13.2. The molecule has 3 N–H and O–H groups in total. The van der Waals surface area contributed by atoms with E-state index in [-0.39, 0.29) is 37.0 Å². The summed E-state index contributed by atoms with van der Waals surface area (Å²) in [5.41, 5.74) is 6.02. The second kappa shape index (κ2) is 12.3. The van der Waals surface area contributed by atoms with Crippen LogP contribution in [0.25, 0.3) is 0 Å². The van der Waals surface area contributed by atoms with E-state index in [0.717, 1.165) is 5.56 Å². The standard InChI is InChI=1S/C18H21F2N3O3.2ClH/c1-2-25-16-8-14(17(24)23-12-18(19,20)11-21)5-6-15(16)26-10-13-4-3-7-22-9-13;;/h3-9H,2,10-12,21H2,1H3,(H,23,24);2*1H. The van der Waals surface area contributed by atoms with Crippen LogP contribution in [0.15, 0.2) is 42.7 Å². The van der Waals surface area contributed by atoms with Crippen molar-refractivity contribution in [3.8, 4) is 11.5 Å². The van der Waals surface area contributed by atoms with Crippen LogP contribution >= 0.6 is 24.8 Å². The molecule has 0 radical (unpaired) electrons. The molecule has 0 bridgehead atoms. The highest BCUT2D eigenvalue weighted by Crippen LogP contribution is 2.29. The summed E-state index contributed by atoms with van der Waals surface area (Å²) in [5.74, 6) is -2.99. The first-order chi connectivity index (χ1) is 12.4.